The van der Waals surface area contributed by atoms with Crippen LogP contribution < -0.4 is 5.32 Å². The van der Waals surface area contributed by atoms with Crippen LogP contribution in [0.5, 0.6) is 0 Å². The minimum atomic E-state index is 0.742. The Labute approximate surface area is 117 Å². The lowest BCUT2D eigenvalue weighted by Gasteiger charge is -2.42. The van der Waals surface area contributed by atoms with Gasteiger partial charge in [0.15, 0.2) is 0 Å². The summed E-state index contributed by atoms with van der Waals surface area (Å²) in [5.74, 6) is 1.39. The Bertz CT molecular complexity index is 229. The number of hydrogen-bond acceptors (Lipinski definition) is 3. The van der Waals surface area contributed by atoms with E-state index in [9.17, 15) is 0 Å². The molecule has 0 amide bonds. The fourth-order valence-electron chi connectivity index (χ4n) is 3.31. The quantitative estimate of drug-likeness (QED) is 0.826. The molecule has 0 aromatic heterocycles. The maximum absolute atomic E-state index is 3.74. The highest BCUT2D eigenvalue weighted by molar-refractivity contribution is 7.99. The van der Waals surface area contributed by atoms with Gasteiger partial charge in [0.05, 0.1) is 0 Å². The van der Waals surface area contributed by atoms with Crippen LogP contribution in [0.15, 0.2) is 0 Å². The molecule has 106 valence electrons. The molecule has 3 unspecified atom stereocenters. The lowest BCUT2D eigenvalue weighted by molar-refractivity contribution is 0.122. The summed E-state index contributed by atoms with van der Waals surface area (Å²) in [6.45, 7) is 8.47. The Balaban J connectivity index is 1.84. The zero-order chi connectivity index (χ0) is 12.8. The van der Waals surface area contributed by atoms with Gasteiger partial charge in [-0.1, -0.05) is 26.7 Å². The zero-order valence-corrected chi connectivity index (χ0v) is 13.0. The topological polar surface area (TPSA) is 15.3 Å². The lowest BCUT2D eigenvalue weighted by Crippen LogP contribution is -2.57. The average molecular weight is 270 g/mol. The van der Waals surface area contributed by atoms with Crippen LogP contribution in [0.3, 0.4) is 0 Å². The van der Waals surface area contributed by atoms with Crippen LogP contribution in [0.2, 0.25) is 0 Å². The van der Waals surface area contributed by atoms with Crippen LogP contribution in [-0.4, -0.2) is 47.6 Å². The summed E-state index contributed by atoms with van der Waals surface area (Å²) in [7, 11) is 0. The van der Waals surface area contributed by atoms with E-state index >= 15 is 0 Å². The Morgan fingerprint density at radius 2 is 2.17 bits per heavy atom. The van der Waals surface area contributed by atoms with Gasteiger partial charge in [0.25, 0.3) is 0 Å². The van der Waals surface area contributed by atoms with E-state index in [1.807, 2.05) is 0 Å². The first-order valence-corrected chi connectivity index (χ1v) is 8.97. The number of thioether (sulfide) groups is 1. The van der Waals surface area contributed by atoms with Crippen LogP contribution in [0.4, 0.5) is 0 Å². The van der Waals surface area contributed by atoms with Crippen molar-refractivity contribution in [2.24, 2.45) is 0 Å². The Morgan fingerprint density at radius 3 is 2.83 bits per heavy atom. The number of piperazine rings is 1. The van der Waals surface area contributed by atoms with E-state index in [1.165, 1.54) is 63.9 Å². The molecule has 0 aromatic rings. The standard InChI is InChI=1S/C15H30N2S/c1-3-7-13-11-17(14(4-2)10-16-13)12-15-8-5-6-9-18-15/h13-16H,3-12H2,1-2H3. The second-order valence-corrected chi connectivity index (χ2v) is 7.31. The zero-order valence-electron chi connectivity index (χ0n) is 12.2. The molecule has 2 saturated heterocycles. The summed E-state index contributed by atoms with van der Waals surface area (Å²) in [4.78, 5) is 2.79. The van der Waals surface area contributed by atoms with Crippen molar-refractivity contribution in [3.63, 3.8) is 0 Å². The van der Waals surface area contributed by atoms with Crippen molar-refractivity contribution < 1.29 is 0 Å². The van der Waals surface area contributed by atoms with Gasteiger partial charge in [0.2, 0.25) is 0 Å². The second kappa shape index (κ2) is 7.76. The number of nitrogens with one attached hydrogen (secondary N) is 1. The molecule has 0 radical (unpaired) electrons. The molecule has 18 heavy (non-hydrogen) atoms. The van der Waals surface area contributed by atoms with E-state index < -0.39 is 0 Å². The van der Waals surface area contributed by atoms with Crippen molar-refractivity contribution in [1.29, 1.82) is 0 Å². The third-order valence-electron chi connectivity index (χ3n) is 4.43. The van der Waals surface area contributed by atoms with Crippen molar-refractivity contribution in [2.75, 3.05) is 25.4 Å². The Hall–Kier alpha value is 0.270. The molecule has 2 nitrogen and oxygen atoms in total. The fraction of sp³-hybridized carbons (Fsp3) is 1.00. The minimum Gasteiger partial charge on any atom is -0.311 e. The molecule has 0 bridgehead atoms. The van der Waals surface area contributed by atoms with Gasteiger partial charge in [-0.25, -0.2) is 0 Å². The summed E-state index contributed by atoms with van der Waals surface area (Å²) in [5.41, 5.74) is 0. The summed E-state index contributed by atoms with van der Waals surface area (Å²) in [5, 5.41) is 4.65. The molecule has 2 fully saturated rings. The van der Waals surface area contributed by atoms with Crippen LogP contribution in [0.25, 0.3) is 0 Å². The molecule has 0 spiro atoms. The van der Waals surface area contributed by atoms with Gasteiger partial charge in [-0.2, -0.15) is 11.8 Å². The highest BCUT2D eigenvalue weighted by atomic mass is 32.2. The number of rotatable bonds is 5. The molecule has 1 N–H and O–H groups in total. The molecule has 2 rings (SSSR count). The smallest absolute Gasteiger partial charge is 0.0219 e. The average Bonchev–Trinajstić information content (AvgIpc) is 2.41. The first-order chi connectivity index (χ1) is 8.83. The summed E-state index contributed by atoms with van der Waals surface area (Å²) >= 11 is 2.22. The highest BCUT2D eigenvalue weighted by Crippen LogP contribution is 2.27. The van der Waals surface area contributed by atoms with Crippen molar-refractivity contribution in [2.45, 2.75) is 69.7 Å². The molecule has 2 heterocycles. The summed E-state index contributed by atoms with van der Waals surface area (Å²) in [6.07, 6.45) is 8.29. The van der Waals surface area contributed by atoms with Gasteiger partial charge in [0.1, 0.15) is 0 Å². The minimum absolute atomic E-state index is 0.742. The Kier molecular flexibility index (Phi) is 6.33. The first-order valence-electron chi connectivity index (χ1n) is 7.92. The monoisotopic (exact) mass is 270 g/mol. The van der Waals surface area contributed by atoms with E-state index in [2.05, 4.69) is 35.8 Å². The molecule has 3 atom stereocenters. The van der Waals surface area contributed by atoms with Gasteiger partial charge in [0, 0.05) is 37.0 Å². The maximum Gasteiger partial charge on any atom is 0.0219 e. The predicted octanol–water partition coefficient (Wildman–Crippen LogP) is 3.12. The Morgan fingerprint density at radius 1 is 1.28 bits per heavy atom. The second-order valence-electron chi connectivity index (χ2n) is 5.90. The summed E-state index contributed by atoms with van der Waals surface area (Å²) < 4.78 is 0. The van der Waals surface area contributed by atoms with E-state index in [0.717, 1.165) is 17.3 Å². The van der Waals surface area contributed by atoms with E-state index in [0.29, 0.717) is 0 Å². The van der Waals surface area contributed by atoms with Crippen molar-refractivity contribution in [1.82, 2.24) is 10.2 Å². The molecular formula is C15H30N2S. The molecule has 0 aliphatic carbocycles. The number of nitrogens with zero attached hydrogens (tertiary/aromatic N) is 1. The molecule has 0 saturated carbocycles. The molecule has 3 heteroatoms. The third kappa shape index (κ3) is 4.14. The van der Waals surface area contributed by atoms with E-state index in [1.54, 1.807) is 0 Å². The predicted molar refractivity (Wildman–Crippen MR) is 82.4 cm³/mol. The third-order valence-corrected chi connectivity index (χ3v) is 5.81. The molecule has 2 aliphatic heterocycles. The van der Waals surface area contributed by atoms with Crippen LogP contribution in [0.1, 0.15) is 52.4 Å². The molecule has 0 aromatic carbocycles. The normalized spacial score (nSPS) is 34.7. The maximum atomic E-state index is 3.74. The van der Waals surface area contributed by atoms with E-state index in [4.69, 9.17) is 0 Å². The van der Waals surface area contributed by atoms with Crippen molar-refractivity contribution in [3.05, 3.63) is 0 Å². The largest absolute Gasteiger partial charge is 0.311 e. The number of hydrogen-bond donors (Lipinski definition) is 1. The van der Waals surface area contributed by atoms with Crippen molar-refractivity contribution in [3.8, 4) is 0 Å². The molecular weight excluding hydrogens is 240 g/mol. The fourth-order valence-corrected chi connectivity index (χ4v) is 4.64. The van der Waals surface area contributed by atoms with Gasteiger partial charge >= 0.3 is 0 Å². The van der Waals surface area contributed by atoms with Crippen LogP contribution in [-0.2, 0) is 0 Å². The summed E-state index contributed by atoms with van der Waals surface area (Å²) in [6, 6.07) is 1.52. The van der Waals surface area contributed by atoms with E-state index in [-0.39, 0.29) is 0 Å². The highest BCUT2D eigenvalue weighted by Gasteiger charge is 2.28. The van der Waals surface area contributed by atoms with Gasteiger partial charge in [-0.3, -0.25) is 4.90 Å². The molecule has 2 aliphatic rings. The SMILES string of the molecule is CCCC1CN(CC2CCCCS2)C(CC)CN1. The van der Waals surface area contributed by atoms with Crippen LogP contribution in [0, 0.1) is 0 Å². The van der Waals surface area contributed by atoms with Crippen LogP contribution >= 0.6 is 11.8 Å². The van der Waals surface area contributed by atoms with Gasteiger partial charge in [-0.15, -0.1) is 0 Å². The first kappa shape index (κ1) is 14.7. The van der Waals surface area contributed by atoms with Gasteiger partial charge in [-0.05, 0) is 31.4 Å². The van der Waals surface area contributed by atoms with Gasteiger partial charge < -0.3 is 5.32 Å². The lowest BCUT2D eigenvalue weighted by atomic mass is 10.0. The van der Waals surface area contributed by atoms with Crippen molar-refractivity contribution >= 4 is 11.8 Å².